The summed E-state index contributed by atoms with van der Waals surface area (Å²) in [5, 5.41) is 6.93. The molecular weight excluding hydrogens is 368 g/mol. The molecule has 1 amide bonds. The molecule has 0 spiro atoms. The van der Waals surface area contributed by atoms with Crippen LogP contribution in [-0.4, -0.2) is 16.8 Å². The van der Waals surface area contributed by atoms with Crippen LogP contribution in [0.3, 0.4) is 0 Å². The second-order valence-corrected chi connectivity index (χ2v) is 8.40. The molecule has 0 unspecified atom stereocenters. The molecule has 28 heavy (non-hydrogen) atoms. The maximum Gasteiger partial charge on any atom is 0.234 e. The van der Waals surface area contributed by atoms with Crippen molar-refractivity contribution >= 4 is 23.4 Å². The lowest BCUT2D eigenvalue weighted by atomic mass is 10.0. The van der Waals surface area contributed by atoms with Gasteiger partial charge in [-0.05, 0) is 23.6 Å². The van der Waals surface area contributed by atoms with Gasteiger partial charge >= 0.3 is 0 Å². The van der Waals surface area contributed by atoms with Crippen LogP contribution in [0.2, 0.25) is 0 Å². The molecule has 0 saturated heterocycles. The zero-order valence-electron chi connectivity index (χ0n) is 16.7. The summed E-state index contributed by atoms with van der Waals surface area (Å²) >= 11 is 1.61. The monoisotopic (exact) mass is 394 g/mol. The van der Waals surface area contributed by atoms with Crippen molar-refractivity contribution in [1.82, 2.24) is 5.16 Å². The van der Waals surface area contributed by atoms with E-state index in [1.165, 1.54) is 10.5 Å². The van der Waals surface area contributed by atoms with Gasteiger partial charge in [0.25, 0.3) is 0 Å². The van der Waals surface area contributed by atoms with E-state index in [9.17, 15) is 4.79 Å². The maximum atomic E-state index is 11.2. The lowest BCUT2D eigenvalue weighted by Crippen LogP contribution is -2.18. The van der Waals surface area contributed by atoms with Crippen LogP contribution in [-0.2, 0) is 4.79 Å². The van der Waals surface area contributed by atoms with Crippen LogP contribution >= 0.6 is 11.8 Å². The fraction of sp³-hybridized carbons (Fsp3) is 0.304. The van der Waals surface area contributed by atoms with Gasteiger partial charge in [-0.2, -0.15) is 0 Å². The van der Waals surface area contributed by atoms with Crippen LogP contribution in [0.4, 0.5) is 5.69 Å². The molecule has 0 fully saturated rings. The van der Waals surface area contributed by atoms with Gasteiger partial charge < -0.3 is 9.84 Å². The molecule has 4 rings (SSSR count). The molecule has 0 aliphatic carbocycles. The van der Waals surface area contributed by atoms with Crippen molar-refractivity contribution in [3.8, 4) is 11.3 Å². The van der Waals surface area contributed by atoms with Gasteiger partial charge in [0.15, 0.2) is 0 Å². The number of aromatic nitrogens is 1. The topological polar surface area (TPSA) is 55.1 Å². The van der Waals surface area contributed by atoms with Crippen molar-refractivity contribution in [3.63, 3.8) is 0 Å². The standard InChI is InChI=1S/C12H13NO.C11H13NOS/c1-9(2)12-8-11(13-14-12)10-6-4-3-5-7-10;1-7(2)8-3-4-10-9(5-8)12-11(13)6-14-10/h3-9H,1-2H3;3-5,7H,6H2,1-2H3,(H,12,13). The minimum atomic E-state index is 0.100. The van der Waals surface area contributed by atoms with Crippen molar-refractivity contribution < 1.29 is 9.32 Å². The zero-order chi connectivity index (χ0) is 20.1. The number of thioether (sulfide) groups is 1. The summed E-state index contributed by atoms with van der Waals surface area (Å²) in [4.78, 5) is 12.4. The number of carbonyl (C=O) groups excluding carboxylic acids is 1. The number of anilines is 1. The van der Waals surface area contributed by atoms with Crippen LogP contribution in [0.1, 0.15) is 50.9 Å². The van der Waals surface area contributed by atoms with E-state index in [1.807, 2.05) is 36.4 Å². The minimum absolute atomic E-state index is 0.100. The van der Waals surface area contributed by atoms with E-state index in [4.69, 9.17) is 4.52 Å². The van der Waals surface area contributed by atoms with Crippen LogP contribution < -0.4 is 5.32 Å². The maximum absolute atomic E-state index is 11.2. The van der Waals surface area contributed by atoms with Crippen molar-refractivity contribution in [2.75, 3.05) is 11.1 Å². The summed E-state index contributed by atoms with van der Waals surface area (Å²) in [5.74, 6) is 2.46. The number of nitrogens with one attached hydrogen (secondary N) is 1. The number of benzene rings is 2. The van der Waals surface area contributed by atoms with Crippen molar-refractivity contribution in [1.29, 1.82) is 0 Å². The molecular formula is C23H26N2O2S. The predicted octanol–water partition coefficient (Wildman–Crippen LogP) is 6.32. The Morgan fingerprint density at radius 2 is 1.75 bits per heavy atom. The van der Waals surface area contributed by atoms with E-state index in [0.717, 1.165) is 22.7 Å². The summed E-state index contributed by atoms with van der Waals surface area (Å²) in [6.45, 7) is 8.49. The number of nitrogens with zero attached hydrogens (tertiary/aromatic N) is 1. The highest BCUT2D eigenvalue weighted by molar-refractivity contribution is 8.00. The molecule has 0 radical (unpaired) electrons. The van der Waals surface area contributed by atoms with Crippen molar-refractivity contribution in [2.45, 2.75) is 44.4 Å². The molecule has 0 atom stereocenters. The second-order valence-electron chi connectivity index (χ2n) is 7.38. The van der Waals surface area contributed by atoms with E-state index in [-0.39, 0.29) is 5.91 Å². The molecule has 1 N–H and O–H groups in total. The molecule has 146 valence electrons. The average molecular weight is 395 g/mol. The minimum Gasteiger partial charge on any atom is -0.361 e. The summed E-state index contributed by atoms with van der Waals surface area (Å²) in [6, 6.07) is 18.3. The normalized spacial score (nSPS) is 13.0. The highest BCUT2D eigenvalue weighted by Gasteiger charge is 2.15. The Hall–Kier alpha value is -2.53. The summed E-state index contributed by atoms with van der Waals surface area (Å²) in [7, 11) is 0. The first kappa shape index (κ1) is 20.2. The van der Waals surface area contributed by atoms with Crippen LogP contribution in [0.15, 0.2) is 64.0 Å². The van der Waals surface area contributed by atoms with Gasteiger partial charge in [-0.15, -0.1) is 11.8 Å². The summed E-state index contributed by atoms with van der Waals surface area (Å²) < 4.78 is 5.23. The van der Waals surface area contributed by atoms with Gasteiger partial charge in [0, 0.05) is 22.4 Å². The Kier molecular flexibility index (Phi) is 6.57. The first-order valence-corrected chi connectivity index (χ1v) is 10.5. The molecule has 4 nitrogen and oxygen atoms in total. The van der Waals surface area contributed by atoms with Gasteiger partial charge in [-0.1, -0.05) is 69.2 Å². The third-order valence-corrected chi connectivity index (χ3v) is 5.54. The third kappa shape index (κ3) is 5.04. The molecule has 1 aliphatic rings. The average Bonchev–Trinajstić information content (AvgIpc) is 3.19. The van der Waals surface area contributed by atoms with E-state index < -0.39 is 0 Å². The zero-order valence-corrected chi connectivity index (χ0v) is 17.5. The van der Waals surface area contributed by atoms with Crippen molar-refractivity contribution in [3.05, 3.63) is 65.9 Å². The molecule has 5 heteroatoms. The number of amides is 1. The number of fused-ring (bicyclic) bond motifs is 1. The molecule has 2 heterocycles. The Morgan fingerprint density at radius 3 is 2.39 bits per heavy atom. The Bertz CT molecular complexity index is 933. The van der Waals surface area contributed by atoms with E-state index in [0.29, 0.717) is 17.6 Å². The number of hydrogen-bond donors (Lipinski definition) is 1. The lowest BCUT2D eigenvalue weighted by molar-refractivity contribution is -0.113. The number of hydrogen-bond acceptors (Lipinski definition) is 4. The quantitative estimate of drug-likeness (QED) is 0.565. The molecule has 1 aromatic heterocycles. The van der Waals surface area contributed by atoms with Crippen LogP contribution in [0, 0.1) is 0 Å². The first-order valence-electron chi connectivity index (χ1n) is 9.52. The van der Waals surface area contributed by atoms with Crippen LogP contribution in [0.25, 0.3) is 11.3 Å². The Labute approximate surface area is 170 Å². The highest BCUT2D eigenvalue weighted by atomic mass is 32.2. The molecule has 1 aliphatic heterocycles. The smallest absolute Gasteiger partial charge is 0.234 e. The molecule has 0 saturated carbocycles. The summed E-state index contributed by atoms with van der Waals surface area (Å²) in [5.41, 5.74) is 4.25. The number of carbonyl (C=O) groups is 1. The van der Waals surface area contributed by atoms with Crippen molar-refractivity contribution in [2.24, 2.45) is 0 Å². The highest BCUT2D eigenvalue weighted by Crippen LogP contribution is 2.33. The predicted molar refractivity (Wildman–Crippen MR) is 116 cm³/mol. The SMILES string of the molecule is CC(C)c1cc(-c2ccccc2)no1.CC(C)c1ccc2c(c1)NC(=O)CS2. The van der Waals surface area contributed by atoms with E-state index in [1.54, 1.807) is 11.8 Å². The van der Waals surface area contributed by atoms with Gasteiger partial charge in [0.2, 0.25) is 5.91 Å². The molecule has 2 aromatic carbocycles. The fourth-order valence-corrected chi connectivity index (χ4v) is 3.55. The summed E-state index contributed by atoms with van der Waals surface area (Å²) in [6.07, 6.45) is 0. The number of rotatable bonds is 3. The largest absolute Gasteiger partial charge is 0.361 e. The van der Waals surface area contributed by atoms with Crippen LogP contribution in [0.5, 0.6) is 0 Å². The third-order valence-electron chi connectivity index (χ3n) is 4.47. The van der Waals surface area contributed by atoms with Gasteiger partial charge in [-0.3, -0.25) is 4.79 Å². The van der Waals surface area contributed by atoms with E-state index >= 15 is 0 Å². The Morgan fingerprint density at radius 1 is 1.00 bits per heavy atom. The van der Waals surface area contributed by atoms with Gasteiger partial charge in [-0.25, -0.2) is 0 Å². The second kappa shape index (κ2) is 9.11. The Balaban J connectivity index is 0.000000161. The first-order chi connectivity index (χ1) is 13.4. The molecule has 0 bridgehead atoms. The fourth-order valence-electron chi connectivity index (χ4n) is 2.77. The lowest BCUT2D eigenvalue weighted by Gasteiger charge is -2.18. The van der Waals surface area contributed by atoms with Gasteiger partial charge in [0.1, 0.15) is 11.5 Å². The van der Waals surface area contributed by atoms with E-state index in [2.05, 4.69) is 56.4 Å². The van der Waals surface area contributed by atoms with Gasteiger partial charge in [0.05, 0.1) is 11.4 Å². The molecule has 3 aromatic rings.